The van der Waals surface area contributed by atoms with Crippen LogP contribution in [-0.2, 0) is 4.74 Å². The maximum absolute atomic E-state index is 10.4. The number of amides is 1. The fourth-order valence-electron chi connectivity index (χ4n) is 1.14. The standard InChI is InChI=1S/C6H13NO.C4H10NOP.C2H6/c1-2-7-3-5-8-6-4-7;1-5(2)4(6)7-3;1-2/h2-6H2,1H3;7H,1-3H3;1-2H3. The van der Waals surface area contributed by atoms with Gasteiger partial charge in [-0.15, -0.1) is 0 Å². The number of morpholine rings is 1. The first-order valence-corrected chi connectivity index (χ1v) is 7.81. The van der Waals surface area contributed by atoms with Crippen LogP contribution in [-0.4, -0.2) is 69.1 Å². The number of rotatable bonds is 2. The Bertz CT molecular complexity index is 172. The van der Waals surface area contributed by atoms with E-state index in [9.17, 15) is 4.79 Å². The van der Waals surface area contributed by atoms with E-state index in [1.807, 2.05) is 20.5 Å². The summed E-state index contributed by atoms with van der Waals surface area (Å²) in [5.74, 6) is 0. The Kier molecular flexibility index (Phi) is 15.7. The number of hydrogen-bond acceptors (Lipinski definition) is 3. The van der Waals surface area contributed by atoms with E-state index in [0.29, 0.717) is 8.58 Å². The van der Waals surface area contributed by atoms with Crippen LogP contribution in [0, 0.1) is 0 Å². The summed E-state index contributed by atoms with van der Waals surface area (Å²) in [5.41, 5.74) is 0.208. The van der Waals surface area contributed by atoms with Gasteiger partial charge in [0.05, 0.1) is 13.2 Å². The smallest absolute Gasteiger partial charge is 0.239 e. The first-order chi connectivity index (χ1) is 8.11. The van der Waals surface area contributed by atoms with Crippen LogP contribution in [0.2, 0.25) is 0 Å². The van der Waals surface area contributed by atoms with Crippen molar-refractivity contribution in [3.63, 3.8) is 0 Å². The summed E-state index contributed by atoms with van der Waals surface area (Å²) in [6.07, 6.45) is 0. The van der Waals surface area contributed by atoms with Crippen LogP contribution in [0.25, 0.3) is 0 Å². The molecule has 0 radical (unpaired) electrons. The van der Waals surface area contributed by atoms with Gasteiger partial charge in [-0.1, -0.05) is 20.8 Å². The maximum Gasteiger partial charge on any atom is 0.239 e. The van der Waals surface area contributed by atoms with Gasteiger partial charge in [0, 0.05) is 27.2 Å². The second-order valence-electron chi connectivity index (χ2n) is 3.50. The van der Waals surface area contributed by atoms with E-state index in [1.165, 1.54) is 6.54 Å². The summed E-state index contributed by atoms with van der Waals surface area (Å²) in [5, 5.41) is 0. The Balaban J connectivity index is 0. The molecule has 1 heterocycles. The molecule has 4 nitrogen and oxygen atoms in total. The van der Waals surface area contributed by atoms with Gasteiger partial charge in [-0.3, -0.25) is 9.69 Å². The highest BCUT2D eigenvalue weighted by molar-refractivity contribution is 7.56. The van der Waals surface area contributed by atoms with E-state index in [4.69, 9.17) is 4.74 Å². The molecule has 1 aliphatic heterocycles. The second-order valence-corrected chi connectivity index (χ2v) is 4.42. The quantitative estimate of drug-likeness (QED) is 0.718. The average Bonchev–Trinajstić information content (AvgIpc) is 2.41. The van der Waals surface area contributed by atoms with Crippen molar-refractivity contribution >= 4 is 14.2 Å². The molecule has 0 spiro atoms. The van der Waals surface area contributed by atoms with E-state index in [0.717, 1.165) is 26.3 Å². The van der Waals surface area contributed by atoms with Crippen molar-refractivity contribution in [2.45, 2.75) is 20.8 Å². The molecule has 0 bridgehead atoms. The van der Waals surface area contributed by atoms with Gasteiger partial charge >= 0.3 is 0 Å². The monoisotopic (exact) mass is 264 g/mol. The van der Waals surface area contributed by atoms with Crippen molar-refractivity contribution in [3.05, 3.63) is 0 Å². The van der Waals surface area contributed by atoms with Crippen LogP contribution >= 0.6 is 8.58 Å². The molecule has 17 heavy (non-hydrogen) atoms. The summed E-state index contributed by atoms with van der Waals surface area (Å²) in [6, 6.07) is 0. The zero-order chi connectivity index (χ0) is 13.7. The average molecular weight is 264 g/mol. The van der Waals surface area contributed by atoms with Gasteiger partial charge in [0.25, 0.3) is 0 Å². The van der Waals surface area contributed by atoms with Crippen molar-refractivity contribution < 1.29 is 9.53 Å². The van der Waals surface area contributed by atoms with Gasteiger partial charge in [-0.2, -0.15) is 0 Å². The normalized spacial score (nSPS) is 15.6. The first-order valence-electron chi connectivity index (χ1n) is 6.31. The second kappa shape index (κ2) is 13.9. The third-order valence-corrected chi connectivity index (χ3v) is 3.05. The Morgan fingerprint density at radius 3 is 1.94 bits per heavy atom. The fraction of sp³-hybridized carbons (Fsp3) is 0.917. The molecular weight excluding hydrogens is 235 g/mol. The highest BCUT2D eigenvalue weighted by Crippen LogP contribution is 2.06. The van der Waals surface area contributed by atoms with E-state index < -0.39 is 0 Å². The van der Waals surface area contributed by atoms with Crippen LogP contribution in [0.4, 0.5) is 4.79 Å². The summed E-state index contributed by atoms with van der Waals surface area (Å²) in [4.78, 5) is 14.4. The minimum Gasteiger partial charge on any atom is -0.379 e. The zero-order valence-corrected chi connectivity index (χ0v) is 13.2. The molecule has 1 amide bonds. The van der Waals surface area contributed by atoms with Crippen molar-refractivity contribution in [1.82, 2.24) is 9.80 Å². The molecule has 0 N–H and O–H groups in total. The third kappa shape index (κ3) is 12.1. The Labute approximate surface area is 108 Å². The lowest BCUT2D eigenvalue weighted by Crippen LogP contribution is -2.35. The molecule has 0 aliphatic carbocycles. The molecule has 0 saturated carbocycles. The van der Waals surface area contributed by atoms with Gasteiger partial charge in [0.1, 0.15) is 0 Å². The highest BCUT2D eigenvalue weighted by atomic mass is 31.1. The molecule has 1 rings (SSSR count). The maximum atomic E-state index is 10.4. The predicted octanol–water partition coefficient (Wildman–Crippen LogP) is 2.34. The molecule has 104 valence electrons. The van der Waals surface area contributed by atoms with E-state index in [2.05, 4.69) is 11.8 Å². The largest absolute Gasteiger partial charge is 0.379 e. The van der Waals surface area contributed by atoms with Crippen molar-refractivity contribution in [2.24, 2.45) is 0 Å². The highest BCUT2D eigenvalue weighted by Gasteiger charge is 2.05. The van der Waals surface area contributed by atoms with E-state index in [-0.39, 0.29) is 5.65 Å². The topological polar surface area (TPSA) is 32.8 Å². The minimum absolute atomic E-state index is 0.208. The minimum atomic E-state index is 0.208. The molecule has 5 heteroatoms. The van der Waals surface area contributed by atoms with Gasteiger partial charge in [0.15, 0.2) is 0 Å². The Morgan fingerprint density at radius 1 is 1.29 bits per heavy atom. The summed E-state index contributed by atoms with van der Waals surface area (Å²) in [7, 11) is 3.92. The lowest BCUT2D eigenvalue weighted by atomic mass is 10.4. The summed E-state index contributed by atoms with van der Waals surface area (Å²) < 4.78 is 5.16. The van der Waals surface area contributed by atoms with E-state index >= 15 is 0 Å². The molecular formula is C12H29N2O2P. The molecule has 1 fully saturated rings. The molecule has 1 saturated heterocycles. The van der Waals surface area contributed by atoms with Crippen LogP contribution in [0.3, 0.4) is 0 Å². The fourth-order valence-corrected chi connectivity index (χ4v) is 1.59. The Hall–Kier alpha value is -0.180. The van der Waals surface area contributed by atoms with Crippen molar-refractivity contribution in [2.75, 3.05) is 53.6 Å². The van der Waals surface area contributed by atoms with Gasteiger partial charge < -0.3 is 9.64 Å². The number of carbonyl (C=O) groups is 1. The molecule has 0 aromatic heterocycles. The molecule has 0 aromatic rings. The number of likely N-dealkylation sites (N-methyl/N-ethyl adjacent to an activating group) is 1. The van der Waals surface area contributed by atoms with Gasteiger partial charge in [-0.25, -0.2) is 0 Å². The number of nitrogens with zero attached hydrogens (tertiary/aromatic N) is 2. The van der Waals surface area contributed by atoms with Crippen LogP contribution < -0.4 is 0 Å². The molecule has 1 atom stereocenters. The van der Waals surface area contributed by atoms with Crippen molar-refractivity contribution in [1.29, 1.82) is 0 Å². The molecule has 1 unspecified atom stereocenters. The Morgan fingerprint density at radius 2 is 1.76 bits per heavy atom. The summed E-state index contributed by atoms with van der Waals surface area (Å²) >= 11 is 0. The summed E-state index contributed by atoms with van der Waals surface area (Å²) in [6.45, 7) is 13.3. The van der Waals surface area contributed by atoms with Gasteiger partial charge in [0.2, 0.25) is 5.65 Å². The van der Waals surface area contributed by atoms with E-state index in [1.54, 1.807) is 19.0 Å². The zero-order valence-electron chi connectivity index (χ0n) is 12.2. The van der Waals surface area contributed by atoms with Gasteiger partial charge in [-0.05, 0) is 21.8 Å². The first kappa shape index (κ1) is 19.2. The predicted molar refractivity (Wildman–Crippen MR) is 77.6 cm³/mol. The van der Waals surface area contributed by atoms with Crippen LogP contribution in [0.1, 0.15) is 20.8 Å². The molecule has 0 aromatic carbocycles. The number of hydrogen-bond donors (Lipinski definition) is 0. The van der Waals surface area contributed by atoms with Crippen LogP contribution in [0.15, 0.2) is 0 Å². The SMILES string of the molecule is CC.CCN1CCOCC1.CPC(=O)N(C)C. The lowest BCUT2D eigenvalue weighted by molar-refractivity contribution is 0.0405. The van der Waals surface area contributed by atoms with Crippen LogP contribution in [0.5, 0.6) is 0 Å². The number of ether oxygens (including phenoxy) is 1. The lowest BCUT2D eigenvalue weighted by Gasteiger charge is -2.24. The van der Waals surface area contributed by atoms with Crippen molar-refractivity contribution in [3.8, 4) is 0 Å². The third-order valence-electron chi connectivity index (χ3n) is 2.17. The molecule has 1 aliphatic rings. The number of carbonyl (C=O) groups excluding carboxylic acids is 1.